The van der Waals surface area contributed by atoms with E-state index in [-0.39, 0.29) is 30.6 Å². The second kappa shape index (κ2) is 6.70. The fourth-order valence-electron chi connectivity index (χ4n) is 2.51. The van der Waals surface area contributed by atoms with Gasteiger partial charge in [0.2, 0.25) is 0 Å². The highest BCUT2D eigenvalue weighted by Gasteiger charge is 2.17. The average molecular weight is 302 g/mol. The first kappa shape index (κ1) is 14.7. The van der Waals surface area contributed by atoms with Crippen molar-refractivity contribution in [1.29, 1.82) is 0 Å². The minimum atomic E-state index is -0.324. The molecule has 1 aliphatic rings. The monoisotopic (exact) mass is 302 g/mol. The van der Waals surface area contributed by atoms with Gasteiger partial charge in [-0.2, -0.15) is 0 Å². The maximum Gasteiger partial charge on any atom is 0.307 e. The third kappa shape index (κ3) is 3.33. The summed E-state index contributed by atoms with van der Waals surface area (Å²) in [6, 6.07) is 7.15. The molecule has 1 aliphatic heterocycles. The van der Waals surface area contributed by atoms with Gasteiger partial charge in [-0.3, -0.25) is 14.2 Å². The van der Waals surface area contributed by atoms with Crippen LogP contribution in [-0.2, 0) is 20.8 Å². The van der Waals surface area contributed by atoms with Crippen LogP contribution in [0.1, 0.15) is 19.3 Å². The first-order valence-electron chi connectivity index (χ1n) is 7.45. The molecule has 116 valence electrons. The molecule has 6 nitrogen and oxygen atoms in total. The molecule has 1 saturated heterocycles. The Balaban J connectivity index is 1.58. The normalized spacial score (nSPS) is 17.7. The van der Waals surface area contributed by atoms with Crippen LogP contribution in [0.3, 0.4) is 0 Å². The van der Waals surface area contributed by atoms with Crippen molar-refractivity contribution in [3.8, 4) is 0 Å². The summed E-state index contributed by atoms with van der Waals surface area (Å²) in [7, 11) is 0. The first-order chi connectivity index (χ1) is 10.7. The summed E-state index contributed by atoms with van der Waals surface area (Å²) < 4.78 is 12.0. The van der Waals surface area contributed by atoms with E-state index in [1.54, 1.807) is 18.2 Å². The Morgan fingerprint density at radius 1 is 1.41 bits per heavy atom. The lowest BCUT2D eigenvalue weighted by atomic mass is 10.2. The molecule has 1 atom stereocenters. The van der Waals surface area contributed by atoms with Crippen molar-refractivity contribution in [2.45, 2.75) is 31.9 Å². The quantitative estimate of drug-likeness (QED) is 0.783. The number of esters is 1. The number of nitrogens with zero attached hydrogens (tertiary/aromatic N) is 2. The largest absolute Gasteiger partial charge is 0.463 e. The van der Waals surface area contributed by atoms with Crippen LogP contribution in [0.15, 0.2) is 35.4 Å². The number of para-hydroxylation sites is 1. The van der Waals surface area contributed by atoms with Gasteiger partial charge in [-0.25, -0.2) is 4.98 Å². The number of rotatable bonds is 5. The van der Waals surface area contributed by atoms with Crippen molar-refractivity contribution >= 4 is 16.9 Å². The van der Waals surface area contributed by atoms with Gasteiger partial charge in [0.05, 0.1) is 29.8 Å². The maximum absolute atomic E-state index is 12.3. The van der Waals surface area contributed by atoms with Crippen molar-refractivity contribution in [3.63, 3.8) is 0 Å². The van der Waals surface area contributed by atoms with E-state index >= 15 is 0 Å². The number of hydrogen-bond acceptors (Lipinski definition) is 5. The summed E-state index contributed by atoms with van der Waals surface area (Å²) in [5.74, 6) is -0.324. The van der Waals surface area contributed by atoms with Crippen molar-refractivity contribution in [1.82, 2.24) is 9.55 Å². The Labute approximate surface area is 127 Å². The van der Waals surface area contributed by atoms with Gasteiger partial charge >= 0.3 is 5.97 Å². The maximum atomic E-state index is 12.3. The highest BCUT2D eigenvalue weighted by molar-refractivity contribution is 5.77. The smallest absolute Gasteiger partial charge is 0.307 e. The van der Waals surface area contributed by atoms with E-state index in [1.165, 1.54) is 10.9 Å². The van der Waals surface area contributed by atoms with E-state index in [0.29, 0.717) is 17.5 Å². The summed E-state index contributed by atoms with van der Waals surface area (Å²) in [5.41, 5.74) is 0.516. The summed E-state index contributed by atoms with van der Waals surface area (Å²) in [5, 5.41) is 0.553. The van der Waals surface area contributed by atoms with E-state index in [0.717, 1.165) is 19.4 Å². The van der Waals surface area contributed by atoms with Gasteiger partial charge in [0.1, 0.15) is 6.61 Å². The zero-order chi connectivity index (χ0) is 15.4. The molecule has 2 heterocycles. The molecule has 0 amide bonds. The molecule has 0 radical (unpaired) electrons. The van der Waals surface area contributed by atoms with Gasteiger partial charge in [-0.15, -0.1) is 0 Å². The van der Waals surface area contributed by atoms with E-state index in [2.05, 4.69) is 4.98 Å². The van der Waals surface area contributed by atoms with Gasteiger partial charge in [0.25, 0.3) is 5.56 Å². The molecular weight excluding hydrogens is 284 g/mol. The van der Waals surface area contributed by atoms with Crippen LogP contribution in [0.5, 0.6) is 0 Å². The highest BCUT2D eigenvalue weighted by Crippen LogP contribution is 2.12. The number of fused-ring (bicyclic) bond motifs is 1. The first-order valence-corrected chi connectivity index (χ1v) is 7.45. The van der Waals surface area contributed by atoms with Gasteiger partial charge in [-0.1, -0.05) is 12.1 Å². The fourth-order valence-corrected chi connectivity index (χ4v) is 2.51. The Bertz CT molecular complexity index is 719. The summed E-state index contributed by atoms with van der Waals surface area (Å²) in [4.78, 5) is 28.2. The van der Waals surface area contributed by atoms with Crippen LogP contribution in [0, 0.1) is 0 Å². The number of benzene rings is 1. The van der Waals surface area contributed by atoms with Crippen molar-refractivity contribution in [3.05, 3.63) is 40.9 Å². The topological polar surface area (TPSA) is 70.4 Å². The molecule has 2 aromatic rings. The molecule has 0 aliphatic carbocycles. The van der Waals surface area contributed by atoms with Crippen LogP contribution < -0.4 is 5.56 Å². The molecule has 0 bridgehead atoms. The van der Waals surface area contributed by atoms with Crippen molar-refractivity contribution in [2.75, 3.05) is 13.2 Å². The van der Waals surface area contributed by atoms with Crippen LogP contribution in [0.4, 0.5) is 0 Å². The Kier molecular flexibility index (Phi) is 4.48. The summed E-state index contributed by atoms with van der Waals surface area (Å²) >= 11 is 0. The predicted molar refractivity (Wildman–Crippen MR) is 80.6 cm³/mol. The average Bonchev–Trinajstić information content (AvgIpc) is 3.06. The van der Waals surface area contributed by atoms with Crippen LogP contribution >= 0.6 is 0 Å². The minimum absolute atomic E-state index is 0.0222. The van der Waals surface area contributed by atoms with Gasteiger partial charge in [0.15, 0.2) is 0 Å². The molecule has 0 N–H and O–H groups in total. The van der Waals surface area contributed by atoms with E-state index in [9.17, 15) is 9.59 Å². The van der Waals surface area contributed by atoms with E-state index in [4.69, 9.17) is 9.47 Å². The number of carbonyl (C=O) groups is 1. The molecule has 1 unspecified atom stereocenters. The molecule has 6 heteroatoms. The summed E-state index contributed by atoms with van der Waals surface area (Å²) in [6.07, 6.45) is 3.58. The molecule has 1 aromatic carbocycles. The number of carbonyl (C=O) groups excluding carboxylic acids is 1. The molecule has 1 fully saturated rings. The lowest BCUT2D eigenvalue weighted by Gasteiger charge is -2.10. The number of aromatic nitrogens is 2. The van der Waals surface area contributed by atoms with Gasteiger partial charge in [-0.05, 0) is 25.0 Å². The van der Waals surface area contributed by atoms with Gasteiger partial charge < -0.3 is 9.47 Å². The molecule has 3 rings (SSSR count). The van der Waals surface area contributed by atoms with E-state index in [1.807, 2.05) is 6.07 Å². The lowest BCUT2D eigenvalue weighted by Crippen LogP contribution is -2.23. The highest BCUT2D eigenvalue weighted by atomic mass is 16.6. The molecule has 1 aromatic heterocycles. The Morgan fingerprint density at radius 2 is 2.27 bits per heavy atom. The molecule has 22 heavy (non-hydrogen) atoms. The Morgan fingerprint density at radius 3 is 3.09 bits per heavy atom. The molecular formula is C16H18N2O4. The predicted octanol–water partition coefficient (Wildman–Crippen LogP) is 1.51. The lowest BCUT2D eigenvalue weighted by molar-refractivity contribution is -0.147. The zero-order valence-electron chi connectivity index (χ0n) is 12.2. The van der Waals surface area contributed by atoms with Gasteiger partial charge in [0, 0.05) is 13.2 Å². The SMILES string of the molecule is O=C(CCn1cnc2ccccc2c1=O)OCC1CCCO1. The summed E-state index contributed by atoms with van der Waals surface area (Å²) in [6.45, 7) is 1.30. The molecule has 0 saturated carbocycles. The zero-order valence-corrected chi connectivity index (χ0v) is 12.2. The Hall–Kier alpha value is -2.21. The number of hydrogen-bond donors (Lipinski definition) is 0. The number of ether oxygens (including phenoxy) is 2. The van der Waals surface area contributed by atoms with Crippen LogP contribution in [0.25, 0.3) is 10.9 Å². The number of aryl methyl sites for hydroxylation is 1. The second-order valence-electron chi connectivity index (χ2n) is 5.33. The van der Waals surface area contributed by atoms with Crippen LogP contribution in [0.2, 0.25) is 0 Å². The third-order valence-electron chi connectivity index (χ3n) is 3.74. The van der Waals surface area contributed by atoms with Crippen LogP contribution in [-0.4, -0.2) is 34.8 Å². The van der Waals surface area contributed by atoms with Crippen molar-refractivity contribution in [2.24, 2.45) is 0 Å². The minimum Gasteiger partial charge on any atom is -0.463 e. The third-order valence-corrected chi connectivity index (χ3v) is 3.74. The fraction of sp³-hybridized carbons (Fsp3) is 0.438. The van der Waals surface area contributed by atoms with E-state index < -0.39 is 0 Å². The second-order valence-corrected chi connectivity index (χ2v) is 5.33. The van der Waals surface area contributed by atoms with Crippen molar-refractivity contribution < 1.29 is 14.3 Å². The molecule has 0 spiro atoms. The standard InChI is InChI=1S/C16H18N2O4/c19-15(22-10-12-4-3-9-21-12)7-8-18-11-17-14-6-2-1-5-13(14)16(18)20/h1-2,5-6,11-12H,3-4,7-10H2.